The zero-order chi connectivity index (χ0) is 10.7. The van der Waals surface area contributed by atoms with Crippen LogP contribution < -0.4 is 5.56 Å². The molecule has 1 aromatic rings. The molecule has 0 aliphatic carbocycles. The van der Waals surface area contributed by atoms with Gasteiger partial charge in [-0.3, -0.25) is 4.79 Å². The lowest BCUT2D eigenvalue weighted by Gasteiger charge is -2.15. The highest BCUT2D eigenvalue weighted by Crippen LogP contribution is 2.14. The fraction of sp³-hybridized carbons (Fsp3) is 0.444. The summed E-state index contributed by atoms with van der Waals surface area (Å²) in [6.45, 7) is 1.79. The number of H-pyrrole nitrogens is 1. The van der Waals surface area contributed by atoms with Gasteiger partial charge in [-0.2, -0.15) is 12.6 Å². The van der Waals surface area contributed by atoms with Crippen LogP contribution in [0.4, 0.5) is 0 Å². The van der Waals surface area contributed by atoms with Gasteiger partial charge in [-0.15, -0.1) is 0 Å². The second-order valence-corrected chi connectivity index (χ2v) is 3.52. The first-order chi connectivity index (χ1) is 6.56. The molecule has 0 fully saturated rings. The molecule has 0 amide bonds. The Morgan fingerprint density at radius 1 is 1.57 bits per heavy atom. The van der Waals surface area contributed by atoms with E-state index in [-0.39, 0.29) is 16.9 Å². The van der Waals surface area contributed by atoms with Crippen molar-refractivity contribution < 1.29 is 10.2 Å². The van der Waals surface area contributed by atoms with Crippen molar-refractivity contribution >= 4 is 12.6 Å². The Morgan fingerprint density at radius 2 is 2.21 bits per heavy atom. The fourth-order valence-corrected chi connectivity index (χ4v) is 1.34. The third kappa shape index (κ3) is 2.37. The predicted octanol–water partition coefficient (Wildman–Crippen LogP) is 0.00742. The van der Waals surface area contributed by atoms with Crippen molar-refractivity contribution in [3.63, 3.8) is 0 Å². The van der Waals surface area contributed by atoms with E-state index in [2.05, 4.69) is 17.6 Å². The second kappa shape index (κ2) is 4.63. The van der Waals surface area contributed by atoms with Gasteiger partial charge in [0.25, 0.3) is 5.56 Å². The number of aromatic nitrogens is 1. The molecule has 14 heavy (non-hydrogen) atoms. The molecule has 0 aliphatic rings. The molecule has 2 atom stereocenters. The number of rotatable bonds is 3. The predicted molar refractivity (Wildman–Crippen MR) is 56.6 cm³/mol. The van der Waals surface area contributed by atoms with Gasteiger partial charge >= 0.3 is 0 Å². The van der Waals surface area contributed by atoms with E-state index < -0.39 is 12.2 Å². The summed E-state index contributed by atoms with van der Waals surface area (Å²) in [6.07, 6.45) is -0.664. The van der Waals surface area contributed by atoms with E-state index in [0.29, 0.717) is 0 Å². The van der Waals surface area contributed by atoms with Gasteiger partial charge in [-0.25, -0.2) is 0 Å². The van der Waals surface area contributed by atoms with Crippen molar-refractivity contribution in [2.24, 2.45) is 0 Å². The first-order valence-electron chi connectivity index (χ1n) is 4.22. The van der Waals surface area contributed by atoms with E-state index in [1.807, 2.05) is 0 Å². The summed E-state index contributed by atoms with van der Waals surface area (Å²) in [5.41, 5.74) is 0.612. The molecule has 4 nitrogen and oxygen atoms in total. The molecule has 1 heterocycles. The highest BCUT2D eigenvalue weighted by Gasteiger charge is 2.19. The van der Waals surface area contributed by atoms with Gasteiger partial charge in [-0.05, 0) is 18.6 Å². The summed E-state index contributed by atoms with van der Waals surface area (Å²) < 4.78 is 0. The molecule has 0 saturated carbocycles. The van der Waals surface area contributed by atoms with Gasteiger partial charge < -0.3 is 15.2 Å². The van der Waals surface area contributed by atoms with Crippen LogP contribution in [0, 0.1) is 6.92 Å². The number of aryl methyl sites for hydroxylation is 1. The molecule has 0 radical (unpaired) electrons. The van der Waals surface area contributed by atoms with E-state index in [1.165, 1.54) is 0 Å². The number of hydrogen-bond donors (Lipinski definition) is 4. The monoisotopic (exact) mass is 215 g/mol. The number of pyridine rings is 1. The van der Waals surface area contributed by atoms with Gasteiger partial charge in [-0.1, -0.05) is 0 Å². The second-order valence-electron chi connectivity index (χ2n) is 3.16. The van der Waals surface area contributed by atoms with Crippen molar-refractivity contribution in [3.8, 4) is 0 Å². The molecule has 0 bridgehead atoms. The molecule has 0 spiro atoms. The van der Waals surface area contributed by atoms with Crippen LogP contribution >= 0.6 is 12.6 Å². The van der Waals surface area contributed by atoms with Crippen LogP contribution in [-0.2, 0) is 0 Å². The molecule has 78 valence electrons. The van der Waals surface area contributed by atoms with E-state index >= 15 is 0 Å². The first-order valence-corrected chi connectivity index (χ1v) is 4.85. The van der Waals surface area contributed by atoms with Crippen LogP contribution in [0.25, 0.3) is 0 Å². The largest absolute Gasteiger partial charge is 0.389 e. The Kier molecular flexibility index (Phi) is 3.74. The summed E-state index contributed by atoms with van der Waals surface area (Å²) in [7, 11) is 0. The summed E-state index contributed by atoms with van der Waals surface area (Å²) in [6, 6.07) is 1.55. The highest BCUT2D eigenvalue weighted by atomic mass is 32.1. The van der Waals surface area contributed by atoms with Crippen LogP contribution in [0.1, 0.15) is 17.2 Å². The molecule has 0 aliphatic heterocycles. The average Bonchev–Trinajstić information content (AvgIpc) is 2.19. The number of hydrogen-bond acceptors (Lipinski definition) is 4. The molecule has 0 saturated heterocycles. The van der Waals surface area contributed by atoms with Crippen LogP contribution in [0.15, 0.2) is 17.1 Å². The standard InChI is InChI=1S/C9H13NO3S/c1-5-2-6(9(13)10-3-5)8(12)7(11)4-14/h2-3,7-8,11-12,14H,4H2,1H3,(H,10,13). The summed E-state index contributed by atoms with van der Waals surface area (Å²) in [4.78, 5) is 13.8. The summed E-state index contributed by atoms with van der Waals surface area (Å²) in [5, 5.41) is 18.9. The quantitative estimate of drug-likeness (QED) is 0.537. The Morgan fingerprint density at radius 3 is 2.79 bits per heavy atom. The molecule has 0 aromatic carbocycles. The Hall–Kier alpha value is -0.780. The molecule has 1 aromatic heterocycles. The maximum atomic E-state index is 11.3. The number of aliphatic hydroxyl groups excluding tert-OH is 2. The van der Waals surface area contributed by atoms with Crippen LogP contribution in [0.2, 0.25) is 0 Å². The topological polar surface area (TPSA) is 73.3 Å². The zero-order valence-electron chi connectivity index (χ0n) is 7.77. The minimum atomic E-state index is -1.18. The fourth-order valence-electron chi connectivity index (χ4n) is 1.14. The van der Waals surface area contributed by atoms with Crippen molar-refractivity contribution in [1.29, 1.82) is 0 Å². The lowest BCUT2D eigenvalue weighted by molar-refractivity contribution is 0.0328. The molecule has 5 heteroatoms. The molecule has 3 N–H and O–H groups in total. The maximum absolute atomic E-state index is 11.3. The number of aromatic amines is 1. The summed E-state index contributed by atoms with van der Waals surface area (Å²) >= 11 is 3.84. The van der Waals surface area contributed by atoms with E-state index in [1.54, 1.807) is 19.2 Å². The average molecular weight is 215 g/mol. The van der Waals surface area contributed by atoms with Crippen molar-refractivity contribution in [1.82, 2.24) is 4.98 Å². The summed E-state index contributed by atoms with van der Waals surface area (Å²) in [5.74, 6) is 0.106. The Balaban J connectivity index is 3.05. The van der Waals surface area contributed by atoms with Crippen molar-refractivity contribution in [2.45, 2.75) is 19.1 Å². The Labute approximate surface area is 87.0 Å². The maximum Gasteiger partial charge on any atom is 0.253 e. The number of nitrogens with one attached hydrogen (secondary N) is 1. The number of thiol groups is 1. The number of aliphatic hydroxyl groups is 2. The first kappa shape index (κ1) is 11.3. The zero-order valence-corrected chi connectivity index (χ0v) is 8.66. The smallest absolute Gasteiger partial charge is 0.253 e. The van der Waals surface area contributed by atoms with Crippen LogP contribution in [0.3, 0.4) is 0 Å². The SMILES string of the molecule is Cc1c[nH]c(=O)c(C(O)C(O)CS)c1. The van der Waals surface area contributed by atoms with Crippen molar-refractivity contribution in [3.05, 3.63) is 33.7 Å². The van der Waals surface area contributed by atoms with Gasteiger partial charge in [0, 0.05) is 17.5 Å². The molecule has 2 unspecified atom stereocenters. The van der Waals surface area contributed by atoms with E-state index in [0.717, 1.165) is 5.56 Å². The van der Waals surface area contributed by atoms with Gasteiger partial charge in [0.15, 0.2) is 0 Å². The van der Waals surface area contributed by atoms with Gasteiger partial charge in [0.1, 0.15) is 6.10 Å². The minimum absolute atomic E-state index is 0.106. The van der Waals surface area contributed by atoms with Crippen LogP contribution in [-0.4, -0.2) is 27.1 Å². The third-order valence-electron chi connectivity index (χ3n) is 1.95. The van der Waals surface area contributed by atoms with E-state index in [4.69, 9.17) is 0 Å². The normalized spacial score (nSPS) is 15.1. The third-order valence-corrected chi connectivity index (χ3v) is 2.32. The molecular formula is C9H13NO3S. The van der Waals surface area contributed by atoms with Gasteiger partial charge in [0.05, 0.1) is 6.10 Å². The van der Waals surface area contributed by atoms with Crippen molar-refractivity contribution in [2.75, 3.05) is 5.75 Å². The minimum Gasteiger partial charge on any atom is -0.389 e. The van der Waals surface area contributed by atoms with Crippen LogP contribution in [0.5, 0.6) is 0 Å². The molecule has 1 rings (SSSR count). The molecular weight excluding hydrogens is 202 g/mol. The lowest BCUT2D eigenvalue weighted by atomic mass is 10.1. The lowest BCUT2D eigenvalue weighted by Crippen LogP contribution is -2.26. The Bertz CT molecular complexity index is 363. The highest BCUT2D eigenvalue weighted by molar-refractivity contribution is 7.80. The van der Waals surface area contributed by atoms with E-state index in [9.17, 15) is 15.0 Å². The van der Waals surface area contributed by atoms with Gasteiger partial charge in [0.2, 0.25) is 0 Å².